The number of nitrogens with zero attached hydrogens (tertiary/aromatic N) is 3. The van der Waals surface area contributed by atoms with Gasteiger partial charge < -0.3 is 15.0 Å². The normalized spacial score (nSPS) is 19.6. The fraction of sp³-hybridized carbons (Fsp3) is 0.522. The van der Waals surface area contributed by atoms with Crippen LogP contribution in [-0.2, 0) is 17.6 Å². The van der Waals surface area contributed by atoms with Gasteiger partial charge in [0.05, 0.1) is 12.8 Å². The smallest absolute Gasteiger partial charge is 0.227 e. The van der Waals surface area contributed by atoms with Gasteiger partial charge in [-0.1, -0.05) is 13.0 Å². The van der Waals surface area contributed by atoms with Gasteiger partial charge in [0.1, 0.15) is 5.75 Å². The van der Waals surface area contributed by atoms with Gasteiger partial charge in [-0.15, -0.1) is 0 Å². The molecule has 6 heteroatoms. The molecule has 1 aromatic heterocycles. The number of aryl methyl sites for hydroxylation is 2. The third-order valence-electron chi connectivity index (χ3n) is 6.19. The van der Waals surface area contributed by atoms with Crippen LogP contribution >= 0.6 is 0 Å². The third kappa shape index (κ3) is 4.36. The number of piperidine rings is 1. The molecule has 0 spiro atoms. The van der Waals surface area contributed by atoms with Crippen LogP contribution in [0.1, 0.15) is 43.0 Å². The Morgan fingerprint density at radius 1 is 1.24 bits per heavy atom. The molecule has 6 nitrogen and oxygen atoms in total. The van der Waals surface area contributed by atoms with E-state index in [1.165, 1.54) is 12.8 Å². The maximum Gasteiger partial charge on any atom is 0.227 e. The average Bonchev–Trinajstić information content (AvgIpc) is 2.73. The SMILES string of the molecule is COc1ccc(C)cc1NC(=O)C1CCc2nc(N3CCC(C)CC3)ncc2C1. The predicted molar refractivity (Wildman–Crippen MR) is 115 cm³/mol. The molecule has 1 atom stereocenters. The number of hydrogen-bond acceptors (Lipinski definition) is 5. The van der Waals surface area contributed by atoms with Crippen LogP contribution in [0.25, 0.3) is 0 Å². The van der Waals surface area contributed by atoms with Gasteiger partial charge in [0, 0.05) is 30.9 Å². The van der Waals surface area contributed by atoms with Gasteiger partial charge in [-0.05, 0) is 68.2 Å². The monoisotopic (exact) mass is 394 g/mol. The number of carbonyl (C=O) groups is 1. The molecule has 0 saturated carbocycles. The Labute approximate surface area is 172 Å². The summed E-state index contributed by atoms with van der Waals surface area (Å²) in [6.07, 6.45) is 6.64. The number of fused-ring (bicyclic) bond motifs is 1. The zero-order valence-corrected chi connectivity index (χ0v) is 17.6. The van der Waals surface area contributed by atoms with Crippen molar-refractivity contribution in [1.82, 2.24) is 9.97 Å². The van der Waals surface area contributed by atoms with Gasteiger partial charge in [-0.2, -0.15) is 0 Å². The number of ether oxygens (including phenoxy) is 1. The number of benzene rings is 1. The van der Waals surface area contributed by atoms with Gasteiger partial charge in [-0.3, -0.25) is 4.79 Å². The van der Waals surface area contributed by atoms with Crippen LogP contribution in [0.4, 0.5) is 11.6 Å². The Kier molecular flexibility index (Phi) is 5.69. The highest BCUT2D eigenvalue weighted by molar-refractivity contribution is 5.94. The molecule has 0 bridgehead atoms. The van der Waals surface area contributed by atoms with E-state index in [0.717, 1.165) is 60.3 Å². The Hall–Kier alpha value is -2.63. The summed E-state index contributed by atoms with van der Waals surface area (Å²) in [6.45, 7) is 6.37. The van der Waals surface area contributed by atoms with Crippen LogP contribution in [0.3, 0.4) is 0 Å². The zero-order chi connectivity index (χ0) is 20.4. The molecule has 1 saturated heterocycles. The van der Waals surface area contributed by atoms with Gasteiger partial charge >= 0.3 is 0 Å². The van der Waals surface area contributed by atoms with Crippen LogP contribution in [0.5, 0.6) is 5.75 Å². The number of nitrogens with one attached hydrogen (secondary N) is 1. The van der Waals surface area contributed by atoms with Crippen molar-refractivity contribution in [3.8, 4) is 5.75 Å². The molecule has 2 heterocycles. The van der Waals surface area contributed by atoms with Crippen LogP contribution in [0.2, 0.25) is 0 Å². The van der Waals surface area contributed by atoms with Crippen molar-refractivity contribution < 1.29 is 9.53 Å². The summed E-state index contributed by atoms with van der Waals surface area (Å²) >= 11 is 0. The van der Waals surface area contributed by atoms with Gasteiger partial charge in [0.15, 0.2) is 0 Å². The largest absolute Gasteiger partial charge is 0.495 e. The Bertz CT molecular complexity index is 890. The van der Waals surface area contributed by atoms with Crippen molar-refractivity contribution in [1.29, 1.82) is 0 Å². The molecule has 1 aliphatic heterocycles. The summed E-state index contributed by atoms with van der Waals surface area (Å²) in [5.41, 5.74) is 4.02. The maximum absolute atomic E-state index is 12.9. The molecule has 2 aliphatic rings. The molecule has 2 aromatic rings. The molecule has 29 heavy (non-hydrogen) atoms. The Balaban J connectivity index is 1.43. The van der Waals surface area contributed by atoms with Crippen LogP contribution in [0, 0.1) is 18.8 Å². The van der Waals surface area contributed by atoms with Gasteiger partial charge in [0.25, 0.3) is 0 Å². The summed E-state index contributed by atoms with van der Waals surface area (Å²) < 4.78 is 5.38. The molecule has 1 aliphatic carbocycles. The number of carbonyl (C=O) groups excluding carboxylic acids is 1. The van der Waals surface area contributed by atoms with E-state index in [0.29, 0.717) is 12.2 Å². The van der Waals surface area contributed by atoms with Crippen molar-refractivity contribution >= 4 is 17.5 Å². The number of amides is 1. The van der Waals surface area contributed by atoms with E-state index in [-0.39, 0.29) is 11.8 Å². The number of aromatic nitrogens is 2. The minimum atomic E-state index is -0.0713. The maximum atomic E-state index is 12.9. The van der Waals surface area contributed by atoms with Crippen molar-refractivity contribution in [2.24, 2.45) is 11.8 Å². The van der Waals surface area contributed by atoms with Crippen molar-refractivity contribution in [2.75, 3.05) is 30.4 Å². The lowest BCUT2D eigenvalue weighted by atomic mass is 9.86. The Morgan fingerprint density at radius 3 is 2.79 bits per heavy atom. The van der Waals surface area contributed by atoms with E-state index in [1.807, 2.05) is 31.3 Å². The molecule has 1 amide bonds. The van der Waals surface area contributed by atoms with Gasteiger partial charge in [0.2, 0.25) is 11.9 Å². The third-order valence-corrected chi connectivity index (χ3v) is 6.19. The fourth-order valence-corrected chi connectivity index (χ4v) is 4.24. The van der Waals surface area contributed by atoms with E-state index >= 15 is 0 Å². The average molecular weight is 395 g/mol. The highest BCUT2D eigenvalue weighted by atomic mass is 16.5. The lowest BCUT2D eigenvalue weighted by Crippen LogP contribution is -2.35. The number of anilines is 2. The first kappa shape index (κ1) is 19.7. The molecule has 1 fully saturated rings. The summed E-state index contributed by atoms with van der Waals surface area (Å²) in [4.78, 5) is 24.6. The molecule has 1 N–H and O–H groups in total. The second-order valence-corrected chi connectivity index (χ2v) is 8.44. The first-order chi connectivity index (χ1) is 14.0. The van der Waals surface area contributed by atoms with E-state index in [9.17, 15) is 4.79 Å². The van der Waals surface area contributed by atoms with Crippen molar-refractivity contribution in [3.63, 3.8) is 0 Å². The standard InChI is InChI=1S/C23H30N4O2/c1-15-8-10-27(11-9-15)23-24-14-18-13-17(5-6-19(18)26-23)22(28)25-20-12-16(2)4-7-21(20)29-3/h4,7,12,14-15,17H,5-6,8-11,13H2,1-3H3,(H,25,28). The summed E-state index contributed by atoms with van der Waals surface area (Å²) in [6, 6.07) is 5.81. The molecule has 4 rings (SSSR count). The quantitative estimate of drug-likeness (QED) is 0.855. The number of hydrogen-bond donors (Lipinski definition) is 1. The molecule has 0 radical (unpaired) electrons. The number of methoxy groups -OCH3 is 1. The number of rotatable bonds is 4. The molecule has 1 aromatic carbocycles. The second kappa shape index (κ2) is 8.39. The van der Waals surface area contributed by atoms with Crippen molar-refractivity contribution in [3.05, 3.63) is 41.2 Å². The zero-order valence-electron chi connectivity index (χ0n) is 17.6. The van der Waals surface area contributed by atoms with E-state index < -0.39 is 0 Å². The topological polar surface area (TPSA) is 67.3 Å². The summed E-state index contributed by atoms with van der Waals surface area (Å²) in [5.74, 6) is 2.29. The molecular weight excluding hydrogens is 364 g/mol. The highest BCUT2D eigenvalue weighted by Gasteiger charge is 2.28. The lowest BCUT2D eigenvalue weighted by molar-refractivity contribution is -0.120. The molecule has 154 valence electrons. The first-order valence-electron chi connectivity index (χ1n) is 10.6. The second-order valence-electron chi connectivity index (χ2n) is 8.44. The summed E-state index contributed by atoms with van der Waals surface area (Å²) in [5, 5.41) is 3.06. The van der Waals surface area contributed by atoms with E-state index in [2.05, 4.69) is 22.1 Å². The molecular formula is C23H30N4O2. The lowest BCUT2D eigenvalue weighted by Gasteiger charge is -2.31. The molecule has 1 unspecified atom stereocenters. The highest BCUT2D eigenvalue weighted by Crippen LogP contribution is 2.30. The minimum Gasteiger partial charge on any atom is -0.495 e. The van der Waals surface area contributed by atoms with Crippen LogP contribution in [0.15, 0.2) is 24.4 Å². The first-order valence-corrected chi connectivity index (χ1v) is 10.6. The van der Waals surface area contributed by atoms with E-state index in [4.69, 9.17) is 9.72 Å². The predicted octanol–water partition coefficient (Wildman–Crippen LogP) is 3.77. The Morgan fingerprint density at radius 2 is 2.03 bits per heavy atom. The van der Waals surface area contributed by atoms with Crippen molar-refractivity contribution in [2.45, 2.75) is 46.0 Å². The van der Waals surface area contributed by atoms with Crippen LogP contribution < -0.4 is 15.0 Å². The minimum absolute atomic E-state index is 0.0358. The van der Waals surface area contributed by atoms with Gasteiger partial charge in [-0.25, -0.2) is 9.97 Å². The van der Waals surface area contributed by atoms with Crippen LogP contribution in [-0.4, -0.2) is 36.1 Å². The van der Waals surface area contributed by atoms with E-state index in [1.54, 1.807) is 7.11 Å². The summed E-state index contributed by atoms with van der Waals surface area (Å²) in [7, 11) is 1.62. The fourth-order valence-electron chi connectivity index (χ4n) is 4.24.